The Kier molecular flexibility index (Phi) is 4.22. The van der Waals surface area contributed by atoms with Gasteiger partial charge in [0.2, 0.25) is 0 Å². The molecule has 0 spiro atoms. The summed E-state index contributed by atoms with van der Waals surface area (Å²) in [6.07, 6.45) is 0.843. The number of hydrogen-bond acceptors (Lipinski definition) is 3. The summed E-state index contributed by atoms with van der Waals surface area (Å²) in [6, 6.07) is 13.0. The average Bonchev–Trinajstić information content (AvgIpc) is 3.02. The van der Waals surface area contributed by atoms with Crippen molar-refractivity contribution in [3.63, 3.8) is 0 Å². The molecule has 1 atom stereocenters. The highest BCUT2D eigenvalue weighted by atomic mass is 35.5. The van der Waals surface area contributed by atoms with Crippen molar-refractivity contribution >= 4 is 23.0 Å². The molecule has 3 nitrogen and oxygen atoms in total. The molecule has 0 aromatic heterocycles. The fraction of sp³-hybridized carbons (Fsp3) is 0.333. The SMILES string of the molecule is CC1=NN=C(c2cccc([C@@H]3CN(C)Cc4c(C)cc(Cl)cc43)c2)C1. The van der Waals surface area contributed by atoms with Crippen LogP contribution in [0.1, 0.15) is 47.1 Å². The van der Waals surface area contributed by atoms with E-state index in [0.717, 1.165) is 36.0 Å². The summed E-state index contributed by atoms with van der Waals surface area (Å²) in [4.78, 5) is 2.39. The van der Waals surface area contributed by atoms with E-state index in [1.807, 2.05) is 6.92 Å². The standard InChI is InChI=1S/C21H22ClN3/c1-13-7-17(22)10-18-19(13)11-25(3)12-20(18)15-5-4-6-16(9-15)21-8-14(2)23-24-21/h4-7,9-10,20H,8,11-12H2,1-3H3/t20-/m0/s1. The predicted octanol–water partition coefficient (Wildman–Crippen LogP) is 4.79. The van der Waals surface area contributed by atoms with Crippen molar-refractivity contribution in [1.29, 1.82) is 0 Å². The number of aryl methyl sites for hydroxylation is 1. The molecule has 2 aromatic rings. The second-order valence-electron chi connectivity index (χ2n) is 7.22. The third kappa shape index (κ3) is 3.14. The molecule has 25 heavy (non-hydrogen) atoms. The minimum Gasteiger partial charge on any atom is -0.301 e. The van der Waals surface area contributed by atoms with Crippen LogP contribution in [-0.4, -0.2) is 29.9 Å². The molecule has 4 heteroatoms. The number of benzene rings is 2. The van der Waals surface area contributed by atoms with Gasteiger partial charge in [0.05, 0.1) is 5.71 Å². The van der Waals surface area contributed by atoms with E-state index in [1.54, 1.807) is 0 Å². The monoisotopic (exact) mass is 351 g/mol. The van der Waals surface area contributed by atoms with E-state index in [1.165, 1.54) is 27.8 Å². The number of rotatable bonds is 2. The van der Waals surface area contributed by atoms with Crippen LogP contribution in [-0.2, 0) is 6.54 Å². The minimum atomic E-state index is 0.329. The van der Waals surface area contributed by atoms with Crippen molar-refractivity contribution in [3.05, 3.63) is 69.2 Å². The van der Waals surface area contributed by atoms with Crippen LogP contribution in [0.2, 0.25) is 5.02 Å². The molecular weight excluding hydrogens is 330 g/mol. The minimum absolute atomic E-state index is 0.329. The molecule has 0 aliphatic carbocycles. The van der Waals surface area contributed by atoms with E-state index >= 15 is 0 Å². The molecule has 0 fully saturated rings. The van der Waals surface area contributed by atoms with E-state index in [2.05, 4.69) is 65.5 Å². The summed E-state index contributed by atoms with van der Waals surface area (Å²) in [5, 5.41) is 9.35. The second-order valence-corrected chi connectivity index (χ2v) is 7.66. The Hall–Kier alpha value is -1.97. The first-order valence-electron chi connectivity index (χ1n) is 8.69. The van der Waals surface area contributed by atoms with Crippen LogP contribution in [0.5, 0.6) is 0 Å². The van der Waals surface area contributed by atoms with Gasteiger partial charge < -0.3 is 4.90 Å². The second kappa shape index (κ2) is 6.40. The van der Waals surface area contributed by atoms with Gasteiger partial charge in [0, 0.05) is 36.2 Å². The Morgan fingerprint density at radius 3 is 2.72 bits per heavy atom. The fourth-order valence-electron chi connectivity index (χ4n) is 3.91. The van der Waals surface area contributed by atoms with E-state index in [9.17, 15) is 0 Å². The summed E-state index contributed by atoms with van der Waals surface area (Å²) in [5.41, 5.74) is 8.67. The Labute approximate surface area is 154 Å². The topological polar surface area (TPSA) is 28.0 Å². The number of nitrogens with zero attached hydrogens (tertiary/aromatic N) is 3. The Morgan fingerprint density at radius 1 is 1.12 bits per heavy atom. The van der Waals surface area contributed by atoms with Gasteiger partial charge in [-0.1, -0.05) is 29.8 Å². The first-order valence-corrected chi connectivity index (χ1v) is 9.07. The van der Waals surface area contributed by atoms with E-state index in [0.29, 0.717) is 5.92 Å². The highest BCUT2D eigenvalue weighted by molar-refractivity contribution is 6.30. The van der Waals surface area contributed by atoms with Gasteiger partial charge in [-0.25, -0.2) is 0 Å². The molecule has 0 amide bonds. The Bertz CT molecular complexity index is 898. The van der Waals surface area contributed by atoms with Crippen molar-refractivity contribution < 1.29 is 0 Å². The maximum Gasteiger partial charge on any atom is 0.0759 e. The van der Waals surface area contributed by atoms with Crippen molar-refractivity contribution in [1.82, 2.24) is 4.90 Å². The Balaban J connectivity index is 1.76. The van der Waals surface area contributed by atoms with E-state index in [-0.39, 0.29) is 0 Å². The lowest BCUT2D eigenvalue weighted by atomic mass is 9.82. The third-order valence-electron chi connectivity index (χ3n) is 5.16. The van der Waals surface area contributed by atoms with Crippen molar-refractivity contribution in [2.75, 3.05) is 13.6 Å². The van der Waals surface area contributed by atoms with Gasteiger partial charge >= 0.3 is 0 Å². The highest BCUT2D eigenvalue weighted by Gasteiger charge is 2.27. The smallest absolute Gasteiger partial charge is 0.0759 e. The summed E-state index contributed by atoms with van der Waals surface area (Å²) < 4.78 is 0. The molecule has 0 saturated heterocycles. The molecule has 0 unspecified atom stereocenters. The molecule has 2 aromatic carbocycles. The van der Waals surface area contributed by atoms with Crippen LogP contribution in [0.25, 0.3) is 0 Å². The van der Waals surface area contributed by atoms with Gasteiger partial charge in [-0.15, -0.1) is 0 Å². The van der Waals surface area contributed by atoms with Crippen LogP contribution >= 0.6 is 11.6 Å². The van der Waals surface area contributed by atoms with Gasteiger partial charge in [-0.2, -0.15) is 10.2 Å². The lowest BCUT2D eigenvalue weighted by Gasteiger charge is -2.34. The van der Waals surface area contributed by atoms with E-state index in [4.69, 9.17) is 11.6 Å². The summed E-state index contributed by atoms with van der Waals surface area (Å²) in [6.45, 7) is 6.16. The average molecular weight is 352 g/mol. The molecular formula is C21H22ClN3. The van der Waals surface area contributed by atoms with Crippen LogP contribution in [0, 0.1) is 6.92 Å². The normalized spacial score (nSPS) is 20.2. The Morgan fingerprint density at radius 2 is 1.96 bits per heavy atom. The summed E-state index contributed by atoms with van der Waals surface area (Å²) in [7, 11) is 2.19. The number of likely N-dealkylation sites (N-methyl/N-ethyl adjacent to an activating group) is 1. The van der Waals surface area contributed by atoms with Crippen LogP contribution < -0.4 is 0 Å². The predicted molar refractivity (Wildman–Crippen MR) is 105 cm³/mol. The van der Waals surface area contributed by atoms with Crippen molar-refractivity contribution in [3.8, 4) is 0 Å². The summed E-state index contributed by atoms with van der Waals surface area (Å²) in [5.74, 6) is 0.329. The van der Waals surface area contributed by atoms with E-state index < -0.39 is 0 Å². The molecule has 2 aliphatic heterocycles. The molecule has 128 valence electrons. The zero-order chi connectivity index (χ0) is 17.6. The maximum atomic E-state index is 6.37. The molecule has 4 rings (SSSR count). The zero-order valence-electron chi connectivity index (χ0n) is 14.9. The summed E-state index contributed by atoms with van der Waals surface area (Å²) >= 11 is 6.37. The lowest BCUT2D eigenvalue weighted by Crippen LogP contribution is -2.31. The molecule has 2 heterocycles. The van der Waals surface area contributed by atoms with Gasteiger partial charge in [0.1, 0.15) is 0 Å². The van der Waals surface area contributed by atoms with Gasteiger partial charge in [0.25, 0.3) is 0 Å². The lowest BCUT2D eigenvalue weighted by molar-refractivity contribution is 0.294. The largest absolute Gasteiger partial charge is 0.301 e. The fourth-order valence-corrected chi connectivity index (χ4v) is 4.19. The molecule has 2 aliphatic rings. The first kappa shape index (κ1) is 16.5. The quantitative estimate of drug-likeness (QED) is 0.764. The van der Waals surface area contributed by atoms with Crippen molar-refractivity contribution in [2.45, 2.75) is 32.7 Å². The third-order valence-corrected chi connectivity index (χ3v) is 5.38. The highest BCUT2D eigenvalue weighted by Crippen LogP contribution is 2.36. The number of hydrogen-bond donors (Lipinski definition) is 0. The molecule has 0 radical (unpaired) electrons. The maximum absolute atomic E-state index is 6.37. The number of fused-ring (bicyclic) bond motifs is 1. The molecule has 0 N–H and O–H groups in total. The van der Waals surface area contributed by atoms with Crippen LogP contribution in [0.3, 0.4) is 0 Å². The first-order chi connectivity index (χ1) is 12.0. The number of halogens is 1. The van der Waals surface area contributed by atoms with Crippen molar-refractivity contribution in [2.24, 2.45) is 10.2 Å². The van der Waals surface area contributed by atoms with Crippen LogP contribution in [0.4, 0.5) is 0 Å². The van der Waals surface area contributed by atoms with Gasteiger partial charge in [-0.05, 0) is 66.9 Å². The molecule has 0 bridgehead atoms. The van der Waals surface area contributed by atoms with Gasteiger partial charge in [0.15, 0.2) is 0 Å². The zero-order valence-corrected chi connectivity index (χ0v) is 15.6. The van der Waals surface area contributed by atoms with Gasteiger partial charge in [-0.3, -0.25) is 0 Å². The van der Waals surface area contributed by atoms with Crippen LogP contribution in [0.15, 0.2) is 46.6 Å². The molecule has 0 saturated carbocycles.